The van der Waals surface area contributed by atoms with Gasteiger partial charge in [-0.1, -0.05) is 24.3 Å². The van der Waals surface area contributed by atoms with Crippen LogP contribution in [0.1, 0.15) is 18.4 Å². The Kier molecular flexibility index (Phi) is 5.01. The van der Waals surface area contributed by atoms with E-state index in [0.717, 1.165) is 17.7 Å². The predicted octanol–water partition coefficient (Wildman–Crippen LogP) is 2.41. The Morgan fingerprint density at radius 3 is 2.79 bits per heavy atom. The van der Waals surface area contributed by atoms with Crippen LogP contribution in [0.25, 0.3) is 6.08 Å². The average Bonchev–Trinajstić information content (AvgIpc) is 2.63. The van der Waals surface area contributed by atoms with Crippen LogP contribution in [-0.4, -0.2) is 29.4 Å². The monoisotopic (exact) mass is 321 g/mol. The van der Waals surface area contributed by atoms with Gasteiger partial charge < -0.3 is 10.2 Å². The summed E-state index contributed by atoms with van der Waals surface area (Å²) in [6, 6.07) is 12.7. The van der Waals surface area contributed by atoms with Gasteiger partial charge in [0.25, 0.3) is 0 Å². The first-order valence-corrected chi connectivity index (χ1v) is 7.99. The first-order valence-electron chi connectivity index (χ1n) is 7.99. The van der Waals surface area contributed by atoms with Gasteiger partial charge in [0.05, 0.1) is 0 Å². The van der Waals surface area contributed by atoms with Crippen LogP contribution in [0.4, 0.5) is 5.69 Å². The van der Waals surface area contributed by atoms with E-state index in [1.54, 1.807) is 29.4 Å². The number of nitrogens with zero attached hydrogens (tertiary/aromatic N) is 2. The molecule has 1 N–H and O–H groups in total. The lowest BCUT2D eigenvalue weighted by Crippen LogP contribution is -2.52. The molecule has 1 fully saturated rings. The molecule has 3 rings (SSSR count). The van der Waals surface area contributed by atoms with E-state index in [1.807, 2.05) is 36.4 Å². The van der Waals surface area contributed by atoms with Crippen molar-refractivity contribution in [1.29, 1.82) is 0 Å². The van der Waals surface area contributed by atoms with Gasteiger partial charge in [0.15, 0.2) is 0 Å². The summed E-state index contributed by atoms with van der Waals surface area (Å²) in [6.45, 7) is 0.681. The number of anilines is 1. The van der Waals surface area contributed by atoms with Gasteiger partial charge in [-0.05, 0) is 42.7 Å². The van der Waals surface area contributed by atoms with E-state index in [1.165, 1.54) is 6.08 Å². The third-order valence-electron chi connectivity index (χ3n) is 3.93. The second kappa shape index (κ2) is 7.55. The highest BCUT2D eigenvalue weighted by atomic mass is 16.2. The molecule has 0 bridgehead atoms. The SMILES string of the molecule is O=C(/C=C/c1cccnc1)NC1CCCN(c2ccccc2)C1=O. The third kappa shape index (κ3) is 3.87. The number of hydrogen-bond acceptors (Lipinski definition) is 3. The van der Waals surface area contributed by atoms with Crippen LogP contribution in [0.2, 0.25) is 0 Å². The van der Waals surface area contributed by atoms with E-state index in [-0.39, 0.29) is 11.8 Å². The maximum absolute atomic E-state index is 12.6. The largest absolute Gasteiger partial charge is 0.341 e. The summed E-state index contributed by atoms with van der Waals surface area (Å²) >= 11 is 0. The highest BCUT2D eigenvalue weighted by Gasteiger charge is 2.30. The Hall–Kier alpha value is -2.95. The van der Waals surface area contributed by atoms with Crippen LogP contribution in [0.5, 0.6) is 0 Å². The van der Waals surface area contributed by atoms with E-state index < -0.39 is 6.04 Å². The lowest BCUT2D eigenvalue weighted by molar-refractivity contribution is -0.126. The van der Waals surface area contributed by atoms with Gasteiger partial charge in [-0.15, -0.1) is 0 Å². The molecule has 1 saturated heterocycles. The van der Waals surface area contributed by atoms with Crippen LogP contribution in [-0.2, 0) is 9.59 Å². The van der Waals surface area contributed by atoms with Crippen molar-refractivity contribution in [2.75, 3.05) is 11.4 Å². The molecule has 5 nitrogen and oxygen atoms in total. The number of para-hydroxylation sites is 1. The third-order valence-corrected chi connectivity index (χ3v) is 3.93. The zero-order chi connectivity index (χ0) is 16.8. The summed E-state index contributed by atoms with van der Waals surface area (Å²) in [5.41, 5.74) is 1.71. The maximum Gasteiger partial charge on any atom is 0.249 e. The molecule has 0 aliphatic carbocycles. The van der Waals surface area contributed by atoms with E-state index in [2.05, 4.69) is 10.3 Å². The van der Waals surface area contributed by atoms with Crippen molar-refractivity contribution in [3.8, 4) is 0 Å². The summed E-state index contributed by atoms with van der Waals surface area (Å²) in [6.07, 6.45) is 7.99. The summed E-state index contributed by atoms with van der Waals surface area (Å²) < 4.78 is 0. The topological polar surface area (TPSA) is 62.3 Å². The number of carbonyl (C=O) groups is 2. The summed E-state index contributed by atoms with van der Waals surface area (Å²) in [5.74, 6) is -0.331. The fraction of sp³-hybridized carbons (Fsp3) is 0.211. The van der Waals surface area contributed by atoms with Crippen LogP contribution >= 0.6 is 0 Å². The summed E-state index contributed by atoms with van der Waals surface area (Å²) in [4.78, 5) is 30.4. The van der Waals surface area contributed by atoms with Crippen molar-refractivity contribution in [1.82, 2.24) is 10.3 Å². The van der Waals surface area contributed by atoms with Crippen molar-refractivity contribution in [3.05, 3.63) is 66.5 Å². The molecule has 24 heavy (non-hydrogen) atoms. The average molecular weight is 321 g/mol. The number of pyridine rings is 1. The number of rotatable bonds is 4. The smallest absolute Gasteiger partial charge is 0.249 e. The molecule has 2 amide bonds. The first-order chi connectivity index (χ1) is 11.7. The number of amides is 2. The van der Waals surface area contributed by atoms with Crippen LogP contribution < -0.4 is 10.2 Å². The second-order valence-electron chi connectivity index (χ2n) is 5.65. The van der Waals surface area contributed by atoms with E-state index in [4.69, 9.17) is 0 Å². The number of piperidine rings is 1. The molecule has 0 saturated carbocycles. The van der Waals surface area contributed by atoms with Crippen molar-refractivity contribution in [2.24, 2.45) is 0 Å². The van der Waals surface area contributed by atoms with Gasteiger partial charge in [0.2, 0.25) is 11.8 Å². The van der Waals surface area contributed by atoms with Crippen LogP contribution in [0.15, 0.2) is 60.9 Å². The molecule has 1 aliphatic rings. The zero-order valence-corrected chi connectivity index (χ0v) is 13.3. The first kappa shape index (κ1) is 15.9. The highest BCUT2D eigenvalue weighted by Crippen LogP contribution is 2.20. The maximum atomic E-state index is 12.6. The van der Waals surface area contributed by atoms with Crippen molar-refractivity contribution < 1.29 is 9.59 Å². The molecule has 1 aromatic carbocycles. The molecule has 2 aromatic rings. The number of hydrogen-bond donors (Lipinski definition) is 1. The van der Waals surface area contributed by atoms with E-state index in [0.29, 0.717) is 13.0 Å². The summed E-state index contributed by atoms with van der Waals surface area (Å²) in [7, 11) is 0. The van der Waals surface area contributed by atoms with Gasteiger partial charge >= 0.3 is 0 Å². The van der Waals surface area contributed by atoms with Gasteiger partial charge in [0.1, 0.15) is 6.04 Å². The molecule has 0 spiro atoms. The molecule has 2 heterocycles. The molecule has 1 unspecified atom stereocenters. The molecule has 1 atom stereocenters. The van der Waals surface area contributed by atoms with E-state index >= 15 is 0 Å². The molecule has 5 heteroatoms. The minimum atomic E-state index is -0.481. The quantitative estimate of drug-likeness (QED) is 0.880. The number of benzene rings is 1. The second-order valence-corrected chi connectivity index (χ2v) is 5.65. The van der Waals surface area contributed by atoms with Crippen molar-refractivity contribution >= 4 is 23.6 Å². The van der Waals surface area contributed by atoms with Gasteiger partial charge in [-0.3, -0.25) is 14.6 Å². The fourth-order valence-electron chi connectivity index (χ4n) is 2.74. The minimum Gasteiger partial charge on any atom is -0.341 e. The predicted molar refractivity (Wildman–Crippen MR) is 93.2 cm³/mol. The van der Waals surface area contributed by atoms with Gasteiger partial charge in [-0.2, -0.15) is 0 Å². The molecule has 122 valence electrons. The normalized spacial score (nSPS) is 17.9. The Labute approximate surface area is 141 Å². The van der Waals surface area contributed by atoms with E-state index in [9.17, 15) is 9.59 Å². The standard InChI is InChI=1S/C19H19N3O2/c23-18(11-10-15-6-4-12-20-14-15)21-17-9-5-13-22(19(17)24)16-7-2-1-3-8-16/h1-4,6-8,10-12,14,17H,5,9,13H2,(H,21,23)/b11-10+. The highest BCUT2D eigenvalue weighted by molar-refractivity contribution is 6.01. The Morgan fingerprint density at radius 1 is 1.21 bits per heavy atom. The Morgan fingerprint density at radius 2 is 2.04 bits per heavy atom. The molecule has 1 aromatic heterocycles. The Balaban J connectivity index is 1.63. The number of aromatic nitrogens is 1. The number of carbonyl (C=O) groups excluding carboxylic acids is 2. The van der Waals surface area contributed by atoms with Crippen LogP contribution in [0, 0.1) is 0 Å². The lowest BCUT2D eigenvalue weighted by atomic mass is 10.0. The Bertz CT molecular complexity index is 729. The van der Waals surface area contributed by atoms with Gasteiger partial charge in [0, 0.05) is 30.7 Å². The van der Waals surface area contributed by atoms with Gasteiger partial charge in [-0.25, -0.2) is 0 Å². The molecule has 1 aliphatic heterocycles. The van der Waals surface area contributed by atoms with Crippen LogP contribution in [0.3, 0.4) is 0 Å². The van der Waals surface area contributed by atoms with Crippen molar-refractivity contribution in [3.63, 3.8) is 0 Å². The zero-order valence-electron chi connectivity index (χ0n) is 13.3. The lowest BCUT2D eigenvalue weighted by Gasteiger charge is -2.32. The van der Waals surface area contributed by atoms with Crippen molar-refractivity contribution in [2.45, 2.75) is 18.9 Å². The minimum absolute atomic E-state index is 0.0597. The summed E-state index contributed by atoms with van der Waals surface area (Å²) in [5, 5.41) is 2.80. The molecular weight excluding hydrogens is 302 g/mol. The molecular formula is C19H19N3O2. The number of nitrogens with one attached hydrogen (secondary N) is 1. The molecule has 0 radical (unpaired) electrons. The fourth-order valence-corrected chi connectivity index (χ4v) is 2.74.